The van der Waals surface area contributed by atoms with Crippen molar-refractivity contribution in [1.82, 2.24) is 10.6 Å². The van der Waals surface area contributed by atoms with Crippen molar-refractivity contribution in [2.24, 2.45) is 0 Å². The van der Waals surface area contributed by atoms with Crippen LogP contribution in [0.15, 0.2) is 24.3 Å². The van der Waals surface area contributed by atoms with Crippen LogP contribution in [-0.4, -0.2) is 45.0 Å². The molecule has 1 aromatic rings. The van der Waals surface area contributed by atoms with Gasteiger partial charge in [0.2, 0.25) is 0 Å². The van der Waals surface area contributed by atoms with Crippen LogP contribution in [0.2, 0.25) is 0 Å². The van der Waals surface area contributed by atoms with Crippen LogP contribution in [0.25, 0.3) is 0 Å². The number of carbonyl (C=O) groups is 2. The molecule has 0 saturated carbocycles. The van der Waals surface area contributed by atoms with Crippen LogP contribution < -0.4 is 16.0 Å². The molecule has 0 spiro atoms. The Bertz CT molecular complexity index is 629. The molecule has 0 fully saturated rings. The summed E-state index contributed by atoms with van der Waals surface area (Å²) in [6.45, 7) is 3.93. The van der Waals surface area contributed by atoms with Gasteiger partial charge in [-0.1, -0.05) is 13.0 Å². The minimum Gasteiger partial charge on any atom is -0.352 e. The van der Waals surface area contributed by atoms with Crippen LogP contribution in [-0.2, 0) is 9.84 Å². The van der Waals surface area contributed by atoms with Crippen molar-refractivity contribution in [2.75, 3.05) is 29.9 Å². The van der Waals surface area contributed by atoms with E-state index < -0.39 is 15.9 Å². The molecule has 8 heteroatoms. The predicted octanol–water partition coefficient (Wildman–Crippen LogP) is 0.993. The Hall–Kier alpha value is -2.09. The second-order valence-electron chi connectivity index (χ2n) is 4.56. The zero-order valence-corrected chi connectivity index (χ0v) is 13.5. The number of rotatable bonds is 7. The second-order valence-corrected chi connectivity index (χ2v) is 7.03. The molecule has 0 aliphatic carbocycles. The number of carbonyl (C=O) groups excluding carboxylic acids is 2. The largest absolute Gasteiger partial charge is 0.352 e. The van der Waals surface area contributed by atoms with E-state index in [0.717, 1.165) is 0 Å². The number of anilines is 1. The summed E-state index contributed by atoms with van der Waals surface area (Å²) in [5.74, 6) is -0.276. The predicted molar refractivity (Wildman–Crippen MR) is 85.8 cm³/mol. The van der Waals surface area contributed by atoms with Crippen LogP contribution in [0, 0.1) is 0 Å². The molecule has 0 atom stereocenters. The van der Waals surface area contributed by atoms with Gasteiger partial charge in [0.1, 0.15) is 0 Å². The van der Waals surface area contributed by atoms with Gasteiger partial charge in [-0.2, -0.15) is 0 Å². The molecule has 22 heavy (non-hydrogen) atoms. The van der Waals surface area contributed by atoms with E-state index in [0.29, 0.717) is 17.8 Å². The maximum atomic E-state index is 11.7. The lowest BCUT2D eigenvalue weighted by Gasteiger charge is -2.09. The van der Waals surface area contributed by atoms with Gasteiger partial charge in [0.05, 0.1) is 5.75 Å². The Morgan fingerprint density at radius 1 is 1.14 bits per heavy atom. The first-order chi connectivity index (χ1) is 10.4. The van der Waals surface area contributed by atoms with Crippen molar-refractivity contribution in [1.29, 1.82) is 0 Å². The van der Waals surface area contributed by atoms with E-state index in [9.17, 15) is 18.0 Å². The Labute approximate surface area is 130 Å². The molecular formula is C14H21N3O4S. The molecule has 3 amide bonds. The van der Waals surface area contributed by atoms with E-state index in [4.69, 9.17) is 0 Å². The van der Waals surface area contributed by atoms with Crippen LogP contribution in [0.3, 0.4) is 0 Å². The van der Waals surface area contributed by atoms with Gasteiger partial charge in [-0.25, -0.2) is 13.2 Å². The van der Waals surface area contributed by atoms with Crippen molar-refractivity contribution in [3.63, 3.8) is 0 Å². The molecular weight excluding hydrogens is 306 g/mol. The highest BCUT2D eigenvalue weighted by Crippen LogP contribution is 2.10. The van der Waals surface area contributed by atoms with Crippen LogP contribution >= 0.6 is 0 Å². The maximum Gasteiger partial charge on any atom is 0.319 e. The zero-order chi connectivity index (χ0) is 16.6. The summed E-state index contributed by atoms with van der Waals surface area (Å²) in [4.78, 5) is 23.4. The van der Waals surface area contributed by atoms with E-state index in [-0.39, 0.29) is 24.0 Å². The van der Waals surface area contributed by atoms with Gasteiger partial charge in [-0.15, -0.1) is 0 Å². The molecule has 1 rings (SSSR count). The molecule has 0 unspecified atom stereocenters. The number of sulfone groups is 1. The fraction of sp³-hybridized carbons (Fsp3) is 0.429. The van der Waals surface area contributed by atoms with E-state index in [1.807, 2.05) is 6.92 Å². The average molecular weight is 327 g/mol. The Morgan fingerprint density at radius 3 is 2.50 bits per heavy atom. The number of hydrogen-bond donors (Lipinski definition) is 3. The van der Waals surface area contributed by atoms with E-state index in [1.165, 1.54) is 0 Å². The summed E-state index contributed by atoms with van der Waals surface area (Å²) in [5, 5.41) is 7.69. The van der Waals surface area contributed by atoms with Gasteiger partial charge < -0.3 is 16.0 Å². The molecule has 0 aliphatic rings. The first-order valence-corrected chi connectivity index (χ1v) is 8.83. The third-order valence-electron chi connectivity index (χ3n) is 2.86. The monoisotopic (exact) mass is 327 g/mol. The highest BCUT2D eigenvalue weighted by Gasteiger charge is 2.09. The van der Waals surface area contributed by atoms with Crippen molar-refractivity contribution in [3.05, 3.63) is 29.8 Å². The SMILES string of the molecule is CCNC(=O)c1cccc(NC(=O)NCCS(=O)(=O)CC)c1. The van der Waals surface area contributed by atoms with Crippen molar-refractivity contribution in [2.45, 2.75) is 13.8 Å². The number of hydrogen-bond acceptors (Lipinski definition) is 4. The summed E-state index contributed by atoms with van der Waals surface area (Å²) in [5.41, 5.74) is 0.896. The number of amides is 3. The standard InChI is InChI=1S/C14H21N3O4S/c1-3-15-13(18)11-6-5-7-12(10-11)17-14(19)16-8-9-22(20,21)4-2/h5-7,10H,3-4,8-9H2,1-2H3,(H,15,18)(H2,16,17,19). The topological polar surface area (TPSA) is 104 Å². The summed E-state index contributed by atoms with van der Waals surface area (Å²) in [6.07, 6.45) is 0. The number of urea groups is 1. The molecule has 3 N–H and O–H groups in total. The maximum absolute atomic E-state index is 11.7. The van der Waals surface area contributed by atoms with Crippen LogP contribution in [0.5, 0.6) is 0 Å². The molecule has 7 nitrogen and oxygen atoms in total. The minimum absolute atomic E-state index is 0.0397. The van der Waals surface area contributed by atoms with E-state index >= 15 is 0 Å². The molecule has 0 saturated heterocycles. The summed E-state index contributed by atoms with van der Waals surface area (Å²) in [7, 11) is -3.11. The third-order valence-corrected chi connectivity index (χ3v) is 4.56. The lowest BCUT2D eigenvalue weighted by Crippen LogP contribution is -2.33. The third kappa shape index (κ3) is 6.13. The molecule has 0 aliphatic heterocycles. The summed E-state index contributed by atoms with van der Waals surface area (Å²) < 4.78 is 22.6. The smallest absolute Gasteiger partial charge is 0.319 e. The summed E-state index contributed by atoms with van der Waals surface area (Å²) >= 11 is 0. The second kappa shape index (κ2) is 8.38. The first-order valence-electron chi connectivity index (χ1n) is 7.01. The number of nitrogens with one attached hydrogen (secondary N) is 3. The fourth-order valence-corrected chi connectivity index (χ4v) is 2.34. The molecule has 0 heterocycles. The average Bonchev–Trinajstić information content (AvgIpc) is 2.47. The van der Waals surface area contributed by atoms with Gasteiger partial charge >= 0.3 is 6.03 Å². The lowest BCUT2D eigenvalue weighted by molar-refractivity contribution is 0.0956. The Kier molecular flexibility index (Phi) is 6.84. The summed E-state index contributed by atoms with van der Waals surface area (Å²) in [6, 6.07) is 5.97. The Morgan fingerprint density at radius 2 is 1.86 bits per heavy atom. The van der Waals surface area contributed by atoms with Gasteiger partial charge in [0, 0.05) is 30.1 Å². The van der Waals surface area contributed by atoms with Crippen molar-refractivity contribution >= 4 is 27.5 Å². The van der Waals surface area contributed by atoms with Gasteiger partial charge in [-0.3, -0.25) is 4.79 Å². The molecule has 0 bridgehead atoms. The zero-order valence-electron chi connectivity index (χ0n) is 12.7. The molecule has 0 aromatic heterocycles. The minimum atomic E-state index is -3.11. The normalized spacial score (nSPS) is 10.8. The highest BCUT2D eigenvalue weighted by atomic mass is 32.2. The van der Waals surface area contributed by atoms with Crippen LogP contribution in [0.4, 0.5) is 10.5 Å². The molecule has 122 valence electrons. The first kappa shape index (κ1) is 18.0. The van der Waals surface area contributed by atoms with Crippen molar-refractivity contribution in [3.8, 4) is 0 Å². The van der Waals surface area contributed by atoms with Crippen LogP contribution in [0.1, 0.15) is 24.2 Å². The molecule has 1 aromatic carbocycles. The van der Waals surface area contributed by atoms with Crippen molar-refractivity contribution < 1.29 is 18.0 Å². The quantitative estimate of drug-likeness (QED) is 0.694. The number of benzene rings is 1. The van der Waals surface area contributed by atoms with Gasteiger partial charge in [-0.05, 0) is 25.1 Å². The lowest BCUT2D eigenvalue weighted by atomic mass is 10.2. The van der Waals surface area contributed by atoms with E-state index in [2.05, 4.69) is 16.0 Å². The highest BCUT2D eigenvalue weighted by molar-refractivity contribution is 7.91. The molecule has 0 radical (unpaired) electrons. The van der Waals surface area contributed by atoms with Gasteiger partial charge in [0.15, 0.2) is 9.84 Å². The van der Waals surface area contributed by atoms with Gasteiger partial charge in [0.25, 0.3) is 5.91 Å². The fourth-order valence-electron chi connectivity index (χ4n) is 1.64. The Balaban J connectivity index is 2.54. The van der Waals surface area contributed by atoms with E-state index in [1.54, 1.807) is 31.2 Å².